The number of phenolic OH excluding ortho intramolecular Hbond substituents is 3. The lowest BCUT2D eigenvalue weighted by atomic mass is 10.2. The summed E-state index contributed by atoms with van der Waals surface area (Å²) in [5.74, 6) is -0.139. The molecule has 6 heteroatoms. The second kappa shape index (κ2) is 9.62. The number of hydrogen-bond donors (Lipinski definition) is 3. The quantitative estimate of drug-likeness (QED) is 0.470. The molecule has 0 aliphatic carbocycles. The van der Waals surface area contributed by atoms with Crippen molar-refractivity contribution in [1.82, 2.24) is 0 Å². The highest BCUT2D eigenvalue weighted by Crippen LogP contribution is 2.27. The molecule has 3 rings (SSSR count). The van der Waals surface area contributed by atoms with E-state index in [-0.39, 0.29) is 17.2 Å². The second-order valence-electron chi connectivity index (χ2n) is 5.49. The van der Waals surface area contributed by atoms with Gasteiger partial charge in [0.25, 0.3) is 0 Å². The molecule has 0 spiro atoms. The number of aromatic hydroxyl groups is 3. The Bertz CT molecular complexity index is 906. The third-order valence-corrected chi connectivity index (χ3v) is 3.49. The lowest BCUT2D eigenvalue weighted by Gasteiger charge is -2.08. The number of carbonyl (C=O) groups is 2. The van der Waals surface area contributed by atoms with Crippen molar-refractivity contribution in [3.8, 4) is 23.0 Å². The molecule has 138 valence electrons. The number of rotatable bonds is 5. The highest BCUT2D eigenvalue weighted by atomic mass is 16.5. The Balaban J connectivity index is 0.000000223. The first kappa shape index (κ1) is 19.5. The zero-order valence-corrected chi connectivity index (χ0v) is 14.3. The standard InChI is InChI=1S/C14H12O3.C7H6O3/c15-9-12-6-7-14(13(16)8-12)17-10-11-4-2-1-3-5-11;8-4-5-1-2-6(9)7(10)3-5/h1-9,16H,10H2;1-4,9-10H. The van der Waals surface area contributed by atoms with E-state index in [2.05, 4.69) is 0 Å². The van der Waals surface area contributed by atoms with E-state index in [1.54, 1.807) is 12.1 Å². The molecule has 27 heavy (non-hydrogen) atoms. The van der Waals surface area contributed by atoms with Gasteiger partial charge in [-0.3, -0.25) is 9.59 Å². The van der Waals surface area contributed by atoms with E-state index in [1.807, 2.05) is 30.3 Å². The molecule has 0 atom stereocenters. The summed E-state index contributed by atoms with van der Waals surface area (Å²) in [5, 5.41) is 27.2. The Labute approximate surface area is 155 Å². The summed E-state index contributed by atoms with van der Waals surface area (Å²) in [6, 6.07) is 18.1. The smallest absolute Gasteiger partial charge is 0.161 e. The van der Waals surface area contributed by atoms with Gasteiger partial charge in [0.15, 0.2) is 23.0 Å². The molecular formula is C21H18O6. The van der Waals surface area contributed by atoms with Crippen LogP contribution in [0.4, 0.5) is 0 Å². The molecule has 0 fully saturated rings. The minimum absolute atomic E-state index is 0.0227. The maximum absolute atomic E-state index is 10.5. The number of carbonyl (C=O) groups excluding carboxylic acids is 2. The van der Waals surface area contributed by atoms with E-state index in [9.17, 15) is 14.7 Å². The van der Waals surface area contributed by atoms with Crippen molar-refractivity contribution in [2.24, 2.45) is 0 Å². The van der Waals surface area contributed by atoms with Crippen molar-refractivity contribution in [2.45, 2.75) is 6.61 Å². The Morgan fingerprint density at radius 3 is 1.85 bits per heavy atom. The molecule has 6 nitrogen and oxygen atoms in total. The Hall–Kier alpha value is -3.80. The van der Waals surface area contributed by atoms with Crippen LogP contribution in [0, 0.1) is 0 Å². The molecule has 0 aliphatic rings. The number of ether oxygens (including phenoxy) is 1. The Morgan fingerprint density at radius 2 is 1.30 bits per heavy atom. The summed E-state index contributed by atoms with van der Waals surface area (Å²) >= 11 is 0. The average Bonchev–Trinajstić information content (AvgIpc) is 2.70. The van der Waals surface area contributed by atoms with Gasteiger partial charge < -0.3 is 20.1 Å². The van der Waals surface area contributed by atoms with E-state index in [0.29, 0.717) is 36.1 Å². The predicted octanol–water partition coefficient (Wildman–Crippen LogP) is 3.69. The summed E-state index contributed by atoms with van der Waals surface area (Å²) in [6.07, 6.45) is 1.28. The molecule has 3 aromatic rings. The van der Waals surface area contributed by atoms with Crippen molar-refractivity contribution in [2.75, 3.05) is 0 Å². The van der Waals surface area contributed by atoms with E-state index in [1.165, 1.54) is 24.3 Å². The number of aldehydes is 2. The van der Waals surface area contributed by atoms with E-state index >= 15 is 0 Å². The van der Waals surface area contributed by atoms with Gasteiger partial charge in [-0.25, -0.2) is 0 Å². The summed E-state index contributed by atoms with van der Waals surface area (Å²) in [5.41, 5.74) is 1.79. The molecular weight excluding hydrogens is 348 g/mol. The van der Waals surface area contributed by atoms with Gasteiger partial charge in [0.05, 0.1) is 0 Å². The molecule has 0 saturated carbocycles. The third-order valence-electron chi connectivity index (χ3n) is 3.49. The van der Waals surface area contributed by atoms with Crippen molar-refractivity contribution in [1.29, 1.82) is 0 Å². The zero-order chi connectivity index (χ0) is 19.6. The summed E-state index contributed by atoms with van der Waals surface area (Å²) in [6.45, 7) is 0.384. The fourth-order valence-electron chi connectivity index (χ4n) is 2.08. The third kappa shape index (κ3) is 5.89. The summed E-state index contributed by atoms with van der Waals surface area (Å²) < 4.78 is 5.46. The Morgan fingerprint density at radius 1 is 0.704 bits per heavy atom. The minimum Gasteiger partial charge on any atom is -0.504 e. The van der Waals surface area contributed by atoms with Crippen molar-refractivity contribution in [3.63, 3.8) is 0 Å². The first-order valence-corrected chi connectivity index (χ1v) is 7.95. The number of phenols is 3. The fraction of sp³-hybridized carbons (Fsp3) is 0.0476. The van der Waals surface area contributed by atoms with Crippen LogP contribution in [0.1, 0.15) is 26.3 Å². The first-order valence-electron chi connectivity index (χ1n) is 7.95. The molecule has 0 saturated heterocycles. The van der Waals surface area contributed by atoms with Gasteiger partial charge in [-0.15, -0.1) is 0 Å². The van der Waals surface area contributed by atoms with Crippen LogP contribution in [0.2, 0.25) is 0 Å². The maximum Gasteiger partial charge on any atom is 0.161 e. The highest BCUT2D eigenvalue weighted by Gasteiger charge is 2.03. The van der Waals surface area contributed by atoms with Crippen LogP contribution in [0.25, 0.3) is 0 Å². The van der Waals surface area contributed by atoms with Crippen LogP contribution in [-0.2, 0) is 6.61 Å². The van der Waals surface area contributed by atoms with Crippen molar-refractivity contribution < 1.29 is 29.6 Å². The highest BCUT2D eigenvalue weighted by molar-refractivity contribution is 5.76. The van der Waals surface area contributed by atoms with Crippen molar-refractivity contribution in [3.05, 3.63) is 83.4 Å². The van der Waals surface area contributed by atoms with Crippen LogP contribution < -0.4 is 4.74 Å². The van der Waals surface area contributed by atoms with Crippen LogP contribution in [0.5, 0.6) is 23.0 Å². The molecule has 3 N–H and O–H groups in total. The van der Waals surface area contributed by atoms with Gasteiger partial charge in [-0.05, 0) is 42.0 Å². The largest absolute Gasteiger partial charge is 0.504 e. The lowest BCUT2D eigenvalue weighted by Crippen LogP contribution is -1.95. The van der Waals surface area contributed by atoms with E-state index in [0.717, 1.165) is 5.56 Å². The molecule has 0 unspecified atom stereocenters. The van der Waals surface area contributed by atoms with Gasteiger partial charge in [0.2, 0.25) is 0 Å². The van der Waals surface area contributed by atoms with E-state index in [4.69, 9.17) is 14.9 Å². The molecule has 0 aliphatic heterocycles. The normalized spacial score (nSPS) is 9.63. The van der Waals surface area contributed by atoms with Crippen LogP contribution >= 0.6 is 0 Å². The zero-order valence-electron chi connectivity index (χ0n) is 14.3. The second-order valence-corrected chi connectivity index (χ2v) is 5.49. The van der Waals surface area contributed by atoms with Crippen LogP contribution in [-0.4, -0.2) is 27.9 Å². The monoisotopic (exact) mass is 366 g/mol. The first-order chi connectivity index (χ1) is 13.0. The lowest BCUT2D eigenvalue weighted by molar-refractivity contribution is 0.111. The van der Waals surface area contributed by atoms with Gasteiger partial charge >= 0.3 is 0 Å². The van der Waals surface area contributed by atoms with Gasteiger partial charge in [0, 0.05) is 11.1 Å². The SMILES string of the molecule is O=Cc1ccc(O)c(O)c1.O=Cc1ccc(OCc2ccccc2)c(O)c1. The molecule has 3 aromatic carbocycles. The molecule has 0 bridgehead atoms. The van der Waals surface area contributed by atoms with Crippen LogP contribution in [0.15, 0.2) is 66.7 Å². The number of hydrogen-bond acceptors (Lipinski definition) is 6. The summed E-state index contributed by atoms with van der Waals surface area (Å²) in [7, 11) is 0. The Kier molecular flexibility index (Phi) is 6.96. The minimum atomic E-state index is -0.274. The maximum atomic E-state index is 10.5. The van der Waals surface area contributed by atoms with Crippen LogP contribution in [0.3, 0.4) is 0 Å². The summed E-state index contributed by atoms with van der Waals surface area (Å²) in [4.78, 5) is 20.6. The molecule has 0 heterocycles. The molecule has 0 aromatic heterocycles. The van der Waals surface area contributed by atoms with Crippen molar-refractivity contribution >= 4 is 12.6 Å². The van der Waals surface area contributed by atoms with Gasteiger partial charge in [0.1, 0.15) is 19.2 Å². The molecule has 0 amide bonds. The fourth-order valence-corrected chi connectivity index (χ4v) is 2.08. The predicted molar refractivity (Wildman–Crippen MR) is 99.4 cm³/mol. The van der Waals surface area contributed by atoms with E-state index < -0.39 is 0 Å². The average molecular weight is 366 g/mol. The number of benzene rings is 3. The van der Waals surface area contributed by atoms with Gasteiger partial charge in [-0.2, -0.15) is 0 Å². The van der Waals surface area contributed by atoms with Gasteiger partial charge in [-0.1, -0.05) is 30.3 Å². The molecule has 0 radical (unpaired) electrons. The topological polar surface area (TPSA) is 104 Å².